The summed E-state index contributed by atoms with van der Waals surface area (Å²) in [7, 11) is 0. The molecule has 1 heteroatoms. The first kappa shape index (κ1) is 10.2. The third kappa shape index (κ3) is 2.21. The molecule has 0 aliphatic heterocycles. The van der Waals surface area contributed by atoms with Crippen LogP contribution >= 0.6 is 0 Å². The van der Waals surface area contributed by atoms with Gasteiger partial charge in [0.15, 0.2) is 0 Å². The molecular weight excluding hydrogens is 182 g/mol. The Morgan fingerprint density at radius 3 is 2.33 bits per heavy atom. The van der Waals surface area contributed by atoms with Crippen LogP contribution in [0.5, 0.6) is 0 Å². The number of hydrogen-bond acceptors (Lipinski definition) is 0. The minimum absolute atomic E-state index is 0.0781. The van der Waals surface area contributed by atoms with Crippen molar-refractivity contribution in [2.45, 2.75) is 44.1 Å². The summed E-state index contributed by atoms with van der Waals surface area (Å²) < 4.78 is 0. The van der Waals surface area contributed by atoms with Crippen LogP contribution in [0.3, 0.4) is 0 Å². The molecule has 78 valence electrons. The van der Waals surface area contributed by atoms with Gasteiger partial charge in [0.25, 0.3) is 0 Å². The monoisotopic (exact) mass is 199 g/mol. The Labute approximate surface area is 91.9 Å². The van der Waals surface area contributed by atoms with Gasteiger partial charge in [0.05, 0.1) is 0 Å². The average Bonchev–Trinajstić information content (AvgIpc) is 2.31. The van der Waals surface area contributed by atoms with Gasteiger partial charge in [-0.1, -0.05) is 30.3 Å². The lowest BCUT2D eigenvalue weighted by Gasteiger charge is -2.28. The fourth-order valence-corrected chi connectivity index (χ4v) is 2.41. The lowest BCUT2D eigenvalue weighted by molar-refractivity contribution is 0.337. The molecule has 1 aromatic carbocycles. The van der Waals surface area contributed by atoms with Crippen molar-refractivity contribution in [3.8, 4) is 0 Å². The van der Waals surface area contributed by atoms with Crippen LogP contribution < -0.4 is 0 Å². The van der Waals surface area contributed by atoms with Crippen LogP contribution in [0.2, 0.25) is 0 Å². The van der Waals surface area contributed by atoms with Gasteiger partial charge in [0.2, 0.25) is 5.54 Å². The molecule has 1 fully saturated rings. The van der Waals surface area contributed by atoms with E-state index in [9.17, 15) is 0 Å². The molecule has 1 aliphatic carbocycles. The van der Waals surface area contributed by atoms with Crippen LogP contribution in [0, 0.1) is 6.57 Å². The number of nitrogens with zero attached hydrogens (tertiary/aromatic N) is 1. The van der Waals surface area contributed by atoms with Gasteiger partial charge in [-0.15, -0.1) is 0 Å². The predicted molar refractivity (Wildman–Crippen MR) is 62.7 cm³/mol. The molecule has 0 heterocycles. The summed E-state index contributed by atoms with van der Waals surface area (Å²) in [5, 5.41) is 0. The Hall–Kier alpha value is -1.29. The van der Waals surface area contributed by atoms with Crippen LogP contribution in [0.25, 0.3) is 4.85 Å². The van der Waals surface area contributed by atoms with Gasteiger partial charge in [0, 0.05) is 19.8 Å². The Balaban J connectivity index is 2.04. The van der Waals surface area contributed by atoms with E-state index in [2.05, 4.69) is 42.1 Å². The van der Waals surface area contributed by atoms with Crippen LogP contribution in [0.15, 0.2) is 30.3 Å². The van der Waals surface area contributed by atoms with E-state index in [0.29, 0.717) is 5.92 Å². The van der Waals surface area contributed by atoms with Gasteiger partial charge in [-0.25, -0.2) is 6.57 Å². The highest BCUT2D eigenvalue weighted by molar-refractivity contribution is 5.21. The zero-order chi connectivity index (χ0) is 10.7. The predicted octanol–water partition coefficient (Wildman–Crippen LogP) is 4.02. The van der Waals surface area contributed by atoms with Crippen LogP contribution in [-0.2, 0) is 0 Å². The van der Waals surface area contributed by atoms with Crippen LogP contribution in [0.4, 0.5) is 0 Å². The van der Waals surface area contributed by atoms with E-state index in [-0.39, 0.29) is 5.54 Å². The van der Waals surface area contributed by atoms with Gasteiger partial charge in [-0.2, -0.15) is 0 Å². The second-order valence-corrected chi connectivity index (χ2v) is 4.79. The quantitative estimate of drug-likeness (QED) is 0.602. The molecule has 0 amide bonds. The first-order valence-corrected chi connectivity index (χ1v) is 5.67. The zero-order valence-corrected chi connectivity index (χ0v) is 9.24. The van der Waals surface area contributed by atoms with Crippen molar-refractivity contribution >= 4 is 0 Å². The summed E-state index contributed by atoms with van der Waals surface area (Å²) in [4.78, 5) is 3.76. The van der Waals surface area contributed by atoms with Gasteiger partial charge in [0.1, 0.15) is 0 Å². The maximum atomic E-state index is 7.19. The van der Waals surface area contributed by atoms with Gasteiger partial charge < -0.3 is 4.85 Å². The van der Waals surface area contributed by atoms with Gasteiger partial charge in [-0.3, -0.25) is 0 Å². The topological polar surface area (TPSA) is 4.36 Å². The molecule has 0 saturated heterocycles. The Bertz CT molecular complexity index is 353. The van der Waals surface area contributed by atoms with E-state index < -0.39 is 0 Å². The van der Waals surface area contributed by atoms with Crippen molar-refractivity contribution in [3.05, 3.63) is 47.3 Å². The van der Waals surface area contributed by atoms with E-state index in [0.717, 1.165) is 12.8 Å². The van der Waals surface area contributed by atoms with Gasteiger partial charge in [-0.05, 0) is 24.3 Å². The average molecular weight is 199 g/mol. The molecule has 0 aromatic heterocycles. The van der Waals surface area contributed by atoms with Crippen LogP contribution in [0.1, 0.15) is 44.1 Å². The lowest BCUT2D eigenvalue weighted by atomic mass is 9.75. The highest BCUT2D eigenvalue weighted by atomic mass is 14.8. The smallest absolute Gasteiger partial charge is 0.230 e. The molecule has 1 aromatic rings. The highest BCUT2D eigenvalue weighted by Crippen LogP contribution is 2.39. The van der Waals surface area contributed by atoms with Gasteiger partial charge >= 0.3 is 0 Å². The second kappa shape index (κ2) is 4.06. The van der Waals surface area contributed by atoms with E-state index in [1.54, 1.807) is 0 Å². The minimum Gasteiger partial charge on any atom is -0.311 e. The van der Waals surface area contributed by atoms with Crippen molar-refractivity contribution in [1.29, 1.82) is 0 Å². The molecular formula is C14H17N. The van der Waals surface area contributed by atoms with Crippen molar-refractivity contribution in [2.24, 2.45) is 0 Å². The summed E-state index contributed by atoms with van der Waals surface area (Å²) in [6.45, 7) is 9.29. The van der Waals surface area contributed by atoms with E-state index in [1.165, 1.54) is 18.4 Å². The second-order valence-electron chi connectivity index (χ2n) is 4.79. The summed E-state index contributed by atoms with van der Waals surface area (Å²) >= 11 is 0. The maximum absolute atomic E-state index is 7.19. The Morgan fingerprint density at radius 1 is 1.20 bits per heavy atom. The number of rotatable bonds is 1. The van der Waals surface area contributed by atoms with E-state index >= 15 is 0 Å². The highest BCUT2D eigenvalue weighted by Gasteiger charge is 2.36. The third-order valence-corrected chi connectivity index (χ3v) is 3.60. The van der Waals surface area contributed by atoms with E-state index in [4.69, 9.17) is 6.57 Å². The summed E-state index contributed by atoms with van der Waals surface area (Å²) in [5.74, 6) is 0.682. The minimum atomic E-state index is -0.0781. The third-order valence-electron chi connectivity index (χ3n) is 3.60. The normalized spacial score (nSPS) is 30.8. The first-order chi connectivity index (χ1) is 7.23. The van der Waals surface area contributed by atoms with Crippen LogP contribution in [-0.4, -0.2) is 5.54 Å². The fraction of sp³-hybridized carbons (Fsp3) is 0.500. The van der Waals surface area contributed by atoms with Crippen molar-refractivity contribution in [3.63, 3.8) is 0 Å². The SMILES string of the molecule is [C-]#[N+]C1(C)CCC(c2ccccc2)CC1. The van der Waals surface area contributed by atoms with Crippen molar-refractivity contribution in [1.82, 2.24) is 0 Å². The molecule has 0 unspecified atom stereocenters. The molecule has 1 saturated carbocycles. The lowest BCUT2D eigenvalue weighted by Crippen LogP contribution is -2.26. The molecule has 0 radical (unpaired) electrons. The standard InChI is InChI=1S/C14H17N/c1-14(15-2)10-8-13(9-11-14)12-6-4-3-5-7-12/h3-7,13H,8-11H2,1H3. The molecule has 1 aliphatic rings. The summed E-state index contributed by atoms with van der Waals surface area (Å²) in [6, 6.07) is 10.7. The summed E-state index contributed by atoms with van der Waals surface area (Å²) in [6.07, 6.45) is 4.44. The molecule has 0 bridgehead atoms. The summed E-state index contributed by atoms with van der Waals surface area (Å²) in [5.41, 5.74) is 1.37. The maximum Gasteiger partial charge on any atom is 0.230 e. The number of benzene rings is 1. The van der Waals surface area contributed by atoms with Crippen molar-refractivity contribution in [2.75, 3.05) is 0 Å². The molecule has 2 rings (SSSR count). The van der Waals surface area contributed by atoms with Crippen molar-refractivity contribution < 1.29 is 0 Å². The molecule has 0 atom stereocenters. The Morgan fingerprint density at radius 2 is 1.80 bits per heavy atom. The Kier molecular flexibility index (Phi) is 2.77. The fourth-order valence-electron chi connectivity index (χ4n) is 2.41. The molecule has 1 nitrogen and oxygen atoms in total. The molecule has 0 N–H and O–H groups in total. The number of hydrogen-bond donors (Lipinski definition) is 0. The van der Waals surface area contributed by atoms with E-state index in [1.807, 2.05) is 0 Å². The first-order valence-electron chi connectivity index (χ1n) is 5.67. The largest absolute Gasteiger partial charge is 0.311 e. The zero-order valence-electron chi connectivity index (χ0n) is 9.24. The molecule has 0 spiro atoms. The molecule has 15 heavy (non-hydrogen) atoms.